The molecule has 0 spiro atoms. The molecule has 0 atom stereocenters. The van der Waals surface area contributed by atoms with Gasteiger partial charge in [-0.2, -0.15) is 0 Å². The molecule has 0 aliphatic carbocycles. The van der Waals surface area contributed by atoms with Gasteiger partial charge in [0.1, 0.15) is 11.3 Å². The third-order valence-electron chi connectivity index (χ3n) is 1.95. The Morgan fingerprint density at radius 2 is 2.15 bits per heavy atom. The lowest BCUT2D eigenvalue weighted by Gasteiger charge is -1.93. The summed E-state index contributed by atoms with van der Waals surface area (Å²) in [5, 5.41) is 1.72. The van der Waals surface area contributed by atoms with Gasteiger partial charge in [0.2, 0.25) is 0 Å². The SMILES string of the molecule is CCc1cc2c(Cl)cc(Br)cc2o1. The maximum Gasteiger partial charge on any atom is 0.136 e. The van der Waals surface area contributed by atoms with Gasteiger partial charge in [0.15, 0.2) is 0 Å². The average Bonchev–Trinajstić information content (AvgIpc) is 2.47. The van der Waals surface area contributed by atoms with Crippen molar-refractivity contribution >= 4 is 38.5 Å². The molecule has 0 radical (unpaired) electrons. The smallest absolute Gasteiger partial charge is 0.136 e. The maximum absolute atomic E-state index is 6.04. The number of aryl methyl sites for hydroxylation is 1. The molecule has 3 heteroatoms. The van der Waals surface area contributed by atoms with Crippen LogP contribution in [-0.4, -0.2) is 0 Å². The summed E-state index contributed by atoms with van der Waals surface area (Å²) in [5.74, 6) is 0.968. The molecule has 13 heavy (non-hydrogen) atoms. The first kappa shape index (κ1) is 9.10. The number of halogens is 2. The number of furan rings is 1. The molecule has 0 saturated heterocycles. The lowest BCUT2D eigenvalue weighted by molar-refractivity contribution is 0.557. The molecule has 2 rings (SSSR count). The van der Waals surface area contributed by atoms with Crippen LogP contribution in [0.3, 0.4) is 0 Å². The molecule has 1 heterocycles. The first-order valence-electron chi connectivity index (χ1n) is 4.08. The van der Waals surface area contributed by atoms with Crippen LogP contribution in [0.5, 0.6) is 0 Å². The Bertz CT molecular complexity index is 447. The molecular weight excluding hydrogens is 251 g/mol. The molecule has 0 amide bonds. The van der Waals surface area contributed by atoms with E-state index in [0.717, 1.165) is 32.6 Å². The van der Waals surface area contributed by atoms with E-state index in [2.05, 4.69) is 22.9 Å². The minimum absolute atomic E-state index is 0.729. The van der Waals surface area contributed by atoms with Gasteiger partial charge in [0, 0.05) is 16.3 Å². The van der Waals surface area contributed by atoms with Crippen LogP contribution in [-0.2, 0) is 6.42 Å². The van der Waals surface area contributed by atoms with Gasteiger partial charge in [0.05, 0.1) is 5.02 Å². The zero-order chi connectivity index (χ0) is 9.42. The summed E-state index contributed by atoms with van der Waals surface area (Å²) in [6.07, 6.45) is 0.891. The quantitative estimate of drug-likeness (QED) is 0.739. The molecule has 1 nitrogen and oxygen atoms in total. The molecular formula is C10H8BrClO. The first-order valence-corrected chi connectivity index (χ1v) is 5.25. The predicted molar refractivity (Wildman–Crippen MR) is 58.3 cm³/mol. The van der Waals surface area contributed by atoms with Crippen molar-refractivity contribution in [2.45, 2.75) is 13.3 Å². The molecule has 1 aromatic carbocycles. The van der Waals surface area contributed by atoms with Crippen LogP contribution in [0.4, 0.5) is 0 Å². The van der Waals surface area contributed by atoms with Crippen molar-refractivity contribution in [3.63, 3.8) is 0 Å². The lowest BCUT2D eigenvalue weighted by atomic mass is 10.2. The molecule has 0 aliphatic rings. The van der Waals surface area contributed by atoms with E-state index in [0.29, 0.717) is 0 Å². The highest BCUT2D eigenvalue weighted by atomic mass is 79.9. The highest BCUT2D eigenvalue weighted by Crippen LogP contribution is 2.30. The topological polar surface area (TPSA) is 13.1 Å². The maximum atomic E-state index is 6.04. The Morgan fingerprint density at radius 3 is 2.85 bits per heavy atom. The molecule has 0 fully saturated rings. The largest absolute Gasteiger partial charge is 0.461 e. The first-order chi connectivity index (χ1) is 6.20. The van der Waals surface area contributed by atoms with Gasteiger partial charge in [-0.05, 0) is 18.2 Å². The predicted octanol–water partition coefficient (Wildman–Crippen LogP) is 4.41. The van der Waals surface area contributed by atoms with Gasteiger partial charge in [-0.15, -0.1) is 0 Å². The molecule has 0 bridgehead atoms. The van der Waals surface area contributed by atoms with Crippen LogP contribution in [0.1, 0.15) is 12.7 Å². The van der Waals surface area contributed by atoms with Crippen molar-refractivity contribution in [2.24, 2.45) is 0 Å². The fourth-order valence-electron chi connectivity index (χ4n) is 1.29. The van der Waals surface area contributed by atoms with E-state index in [-0.39, 0.29) is 0 Å². The van der Waals surface area contributed by atoms with Crippen LogP contribution in [0, 0.1) is 0 Å². The normalized spacial score (nSPS) is 11.0. The van der Waals surface area contributed by atoms with E-state index >= 15 is 0 Å². The van der Waals surface area contributed by atoms with Crippen molar-refractivity contribution in [2.75, 3.05) is 0 Å². The van der Waals surface area contributed by atoms with E-state index in [1.807, 2.05) is 18.2 Å². The second-order valence-electron chi connectivity index (χ2n) is 2.87. The van der Waals surface area contributed by atoms with Crippen LogP contribution in [0.25, 0.3) is 11.0 Å². The van der Waals surface area contributed by atoms with Gasteiger partial charge in [-0.25, -0.2) is 0 Å². The van der Waals surface area contributed by atoms with Crippen LogP contribution in [0.15, 0.2) is 27.1 Å². The summed E-state index contributed by atoms with van der Waals surface area (Å²) in [7, 11) is 0. The zero-order valence-corrected chi connectivity index (χ0v) is 9.45. The summed E-state index contributed by atoms with van der Waals surface area (Å²) in [6, 6.07) is 5.79. The molecule has 1 aromatic heterocycles. The molecule has 0 saturated carbocycles. The molecule has 2 aromatic rings. The highest BCUT2D eigenvalue weighted by Gasteiger charge is 2.06. The molecule has 0 unspecified atom stereocenters. The standard InChI is InChI=1S/C10H8BrClO/c1-2-7-5-8-9(12)3-6(11)4-10(8)13-7/h3-5H,2H2,1H3. The Hall–Kier alpha value is -0.470. The highest BCUT2D eigenvalue weighted by molar-refractivity contribution is 9.10. The van der Waals surface area contributed by atoms with Crippen LogP contribution >= 0.6 is 27.5 Å². The van der Waals surface area contributed by atoms with Crippen molar-refractivity contribution in [1.82, 2.24) is 0 Å². The number of benzene rings is 1. The van der Waals surface area contributed by atoms with E-state index in [4.69, 9.17) is 16.0 Å². The second kappa shape index (κ2) is 3.35. The second-order valence-corrected chi connectivity index (χ2v) is 4.19. The van der Waals surface area contributed by atoms with Crippen molar-refractivity contribution in [3.05, 3.63) is 33.5 Å². The van der Waals surface area contributed by atoms with Crippen molar-refractivity contribution < 1.29 is 4.42 Å². The average molecular weight is 260 g/mol. The third-order valence-corrected chi connectivity index (χ3v) is 2.72. The summed E-state index contributed by atoms with van der Waals surface area (Å²) in [6.45, 7) is 2.06. The Morgan fingerprint density at radius 1 is 1.38 bits per heavy atom. The minimum Gasteiger partial charge on any atom is -0.461 e. The van der Waals surface area contributed by atoms with Gasteiger partial charge in [0.25, 0.3) is 0 Å². The van der Waals surface area contributed by atoms with E-state index in [1.54, 1.807) is 0 Å². The number of rotatable bonds is 1. The van der Waals surface area contributed by atoms with Gasteiger partial charge < -0.3 is 4.42 Å². The fraction of sp³-hybridized carbons (Fsp3) is 0.200. The Labute approximate surface area is 89.8 Å². The lowest BCUT2D eigenvalue weighted by Crippen LogP contribution is -1.68. The molecule has 0 N–H and O–H groups in total. The molecule has 0 aliphatic heterocycles. The van der Waals surface area contributed by atoms with Gasteiger partial charge in [-0.1, -0.05) is 34.5 Å². The van der Waals surface area contributed by atoms with Crippen LogP contribution < -0.4 is 0 Å². The summed E-state index contributed by atoms with van der Waals surface area (Å²) in [5.41, 5.74) is 0.844. The summed E-state index contributed by atoms with van der Waals surface area (Å²) >= 11 is 9.41. The Balaban J connectivity index is 2.75. The number of hydrogen-bond donors (Lipinski definition) is 0. The fourth-order valence-corrected chi connectivity index (χ4v) is 2.13. The number of hydrogen-bond acceptors (Lipinski definition) is 1. The summed E-state index contributed by atoms with van der Waals surface area (Å²) < 4.78 is 6.51. The zero-order valence-electron chi connectivity index (χ0n) is 7.10. The third kappa shape index (κ3) is 1.61. The van der Waals surface area contributed by atoms with Crippen molar-refractivity contribution in [3.8, 4) is 0 Å². The van der Waals surface area contributed by atoms with Crippen molar-refractivity contribution in [1.29, 1.82) is 0 Å². The Kier molecular flexibility index (Phi) is 2.35. The molecule has 68 valence electrons. The minimum atomic E-state index is 0.729. The number of fused-ring (bicyclic) bond motifs is 1. The van der Waals surface area contributed by atoms with Crippen LogP contribution in [0.2, 0.25) is 5.02 Å². The van der Waals surface area contributed by atoms with Gasteiger partial charge in [-0.3, -0.25) is 0 Å². The monoisotopic (exact) mass is 258 g/mol. The van der Waals surface area contributed by atoms with E-state index in [1.165, 1.54) is 0 Å². The van der Waals surface area contributed by atoms with Gasteiger partial charge >= 0.3 is 0 Å². The summed E-state index contributed by atoms with van der Waals surface area (Å²) in [4.78, 5) is 0. The van der Waals surface area contributed by atoms with E-state index < -0.39 is 0 Å². The van der Waals surface area contributed by atoms with E-state index in [9.17, 15) is 0 Å².